The minimum absolute atomic E-state index is 0.430. The second kappa shape index (κ2) is 6.81. The predicted octanol–water partition coefficient (Wildman–Crippen LogP) is 8.08. The van der Waals surface area contributed by atoms with Crippen LogP contribution in [0.5, 0.6) is 0 Å². The van der Waals surface area contributed by atoms with Gasteiger partial charge in [-0.25, -0.2) is 0 Å². The van der Waals surface area contributed by atoms with Crippen LogP contribution in [0, 0.1) is 0 Å². The lowest BCUT2D eigenvalue weighted by molar-refractivity contribution is 0.760. The molecule has 2 rings (SSSR count). The number of quaternary nitrogens is 1. The molecule has 0 aromatic heterocycles. The first-order valence-electron chi connectivity index (χ1n) is 5.42. The molecular formula is C13H8Br6N+. The van der Waals surface area contributed by atoms with Crippen molar-refractivity contribution in [3.05, 3.63) is 52.7 Å². The SMILES string of the molecule is C[N+](Br)(c1ccccc1)c1c(Br)c(Br)c(Br)c(Br)c1Br. The molecule has 0 saturated carbocycles. The van der Waals surface area contributed by atoms with Crippen LogP contribution in [0.1, 0.15) is 0 Å². The van der Waals surface area contributed by atoms with Gasteiger partial charge in [-0.15, -0.1) is 0 Å². The maximum atomic E-state index is 3.81. The first-order chi connectivity index (χ1) is 9.28. The van der Waals surface area contributed by atoms with Gasteiger partial charge in [0.2, 0.25) is 16.1 Å². The van der Waals surface area contributed by atoms with Crippen molar-refractivity contribution in [2.24, 2.45) is 0 Å². The number of nitrogens with zero attached hydrogens (tertiary/aromatic N) is 1. The Kier molecular flexibility index (Phi) is 6.00. The zero-order valence-electron chi connectivity index (χ0n) is 10.1. The van der Waals surface area contributed by atoms with Gasteiger partial charge in [-0.05, 0) is 79.6 Å². The van der Waals surface area contributed by atoms with E-state index in [0.717, 1.165) is 33.7 Å². The molecule has 0 heterocycles. The summed E-state index contributed by atoms with van der Waals surface area (Å²) in [6.07, 6.45) is 0. The lowest BCUT2D eigenvalue weighted by atomic mass is 10.2. The van der Waals surface area contributed by atoms with Crippen LogP contribution >= 0.6 is 95.8 Å². The maximum Gasteiger partial charge on any atom is 0.239 e. The van der Waals surface area contributed by atoms with E-state index in [9.17, 15) is 0 Å². The summed E-state index contributed by atoms with van der Waals surface area (Å²) in [5.74, 6) is 0. The molecule has 7 heteroatoms. The highest BCUT2D eigenvalue weighted by Gasteiger charge is 2.34. The van der Waals surface area contributed by atoms with E-state index in [2.05, 4.69) is 115 Å². The van der Waals surface area contributed by atoms with Crippen molar-refractivity contribution in [2.45, 2.75) is 0 Å². The Labute approximate surface area is 168 Å². The molecule has 0 bridgehead atoms. The van der Waals surface area contributed by atoms with Crippen LogP contribution in [0.25, 0.3) is 0 Å². The molecule has 0 saturated heterocycles. The van der Waals surface area contributed by atoms with E-state index in [4.69, 9.17) is 0 Å². The fourth-order valence-electron chi connectivity index (χ4n) is 1.80. The summed E-state index contributed by atoms with van der Waals surface area (Å²) in [4.78, 5) is 0. The topological polar surface area (TPSA) is 0 Å². The highest BCUT2D eigenvalue weighted by molar-refractivity contribution is 9.16. The maximum absolute atomic E-state index is 3.81. The molecule has 1 atom stereocenters. The van der Waals surface area contributed by atoms with Gasteiger partial charge in [0, 0.05) is 16.6 Å². The monoisotopic (exact) mass is 652 g/mol. The number of benzene rings is 2. The van der Waals surface area contributed by atoms with E-state index in [0.29, 0.717) is 3.51 Å². The Bertz CT molecular complexity index is 625. The van der Waals surface area contributed by atoms with E-state index >= 15 is 0 Å². The Morgan fingerprint density at radius 1 is 0.700 bits per heavy atom. The Morgan fingerprint density at radius 3 is 1.55 bits per heavy atom. The molecule has 2 aromatic rings. The van der Waals surface area contributed by atoms with Crippen LogP contribution in [-0.4, -0.2) is 7.05 Å². The van der Waals surface area contributed by atoms with Gasteiger partial charge in [-0.1, -0.05) is 18.2 Å². The predicted molar refractivity (Wildman–Crippen MR) is 108 cm³/mol. The van der Waals surface area contributed by atoms with Crippen molar-refractivity contribution in [1.29, 1.82) is 0 Å². The van der Waals surface area contributed by atoms with E-state index in [-0.39, 0.29) is 0 Å². The lowest BCUT2D eigenvalue weighted by Gasteiger charge is -2.28. The largest absolute Gasteiger partial charge is 0.239 e. The zero-order chi connectivity index (χ0) is 15.1. The van der Waals surface area contributed by atoms with Crippen molar-refractivity contribution in [3.8, 4) is 0 Å². The Morgan fingerprint density at radius 2 is 1.10 bits per heavy atom. The summed E-state index contributed by atoms with van der Waals surface area (Å²) in [5, 5.41) is 0. The van der Waals surface area contributed by atoms with Gasteiger partial charge in [-0.3, -0.25) is 0 Å². The van der Waals surface area contributed by atoms with Gasteiger partial charge >= 0.3 is 0 Å². The minimum Gasteiger partial charge on any atom is -0.192 e. The molecular weight excluding hydrogens is 650 g/mol. The molecule has 0 aliphatic heterocycles. The van der Waals surface area contributed by atoms with Gasteiger partial charge in [0.25, 0.3) is 0 Å². The zero-order valence-corrected chi connectivity index (χ0v) is 19.6. The van der Waals surface area contributed by atoms with E-state index in [1.54, 1.807) is 0 Å². The summed E-state index contributed by atoms with van der Waals surface area (Å²) < 4.78 is 5.26. The second-order valence-electron chi connectivity index (χ2n) is 4.15. The van der Waals surface area contributed by atoms with Crippen LogP contribution in [0.3, 0.4) is 0 Å². The number of rotatable bonds is 2. The molecule has 1 nitrogen and oxygen atoms in total. The Balaban J connectivity index is 2.76. The molecule has 1 unspecified atom stereocenters. The van der Waals surface area contributed by atoms with Gasteiger partial charge < -0.3 is 0 Å². The van der Waals surface area contributed by atoms with E-state index < -0.39 is 0 Å². The highest BCUT2D eigenvalue weighted by Crippen LogP contribution is 2.53. The third-order valence-corrected chi connectivity index (χ3v) is 9.66. The quantitative estimate of drug-likeness (QED) is 0.174. The van der Waals surface area contributed by atoms with Crippen molar-refractivity contribution >= 4 is 107 Å². The van der Waals surface area contributed by atoms with Crippen LogP contribution in [0.15, 0.2) is 52.7 Å². The van der Waals surface area contributed by atoms with Crippen LogP contribution in [0.4, 0.5) is 11.4 Å². The third-order valence-electron chi connectivity index (χ3n) is 2.85. The number of para-hydroxylation sites is 1. The van der Waals surface area contributed by atoms with Crippen molar-refractivity contribution in [1.82, 2.24) is 3.51 Å². The third kappa shape index (κ3) is 3.14. The Hall–Kier alpha value is 1.28. The summed E-state index contributed by atoms with van der Waals surface area (Å²) in [5.41, 5.74) is 2.17. The molecule has 106 valence electrons. The molecule has 0 N–H and O–H groups in total. The highest BCUT2D eigenvalue weighted by atomic mass is 79.9. The number of halogens is 6. The van der Waals surface area contributed by atoms with Gasteiger partial charge in [0.05, 0.1) is 24.9 Å². The molecule has 0 fully saturated rings. The van der Waals surface area contributed by atoms with Crippen molar-refractivity contribution < 1.29 is 0 Å². The van der Waals surface area contributed by atoms with Crippen molar-refractivity contribution in [3.63, 3.8) is 0 Å². The fraction of sp³-hybridized carbons (Fsp3) is 0.0769. The summed E-state index contributed by atoms with van der Waals surface area (Å²) in [7, 11) is 2.08. The van der Waals surface area contributed by atoms with Crippen LogP contribution < -0.4 is 3.51 Å². The fourth-order valence-corrected chi connectivity index (χ4v) is 6.60. The average Bonchev–Trinajstić information content (AvgIpc) is 2.44. The summed E-state index contributed by atoms with van der Waals surface area (Å²) in [6, 6.07) is 10.2. The summed E-state index contributed by atoms with van der Waals surface area (Å²) in [6.45, 7) is 0. The first kappa shape index (κ1) is 17.6. The van der Waals surface area contributed by atoms with Gasteiger partial charge in [0.1, 0.15) is 5.69 Å². The first-order valence-corrected chi connectivity index (χ1v) is 10.1. The minimum atomic E-state index is 0.430. The molecule has 2 aromatic carbocycles. The molecule has 0 spiro atoms. The van der Waals surface area contributed by atoms with Crippen LogP contribution in [-0.2, 0) is 0 Å². The van der Waals surface area contributed by atoms with Gasteiger partial charge in [-0.2, -0.15) is 3.51 Å². The molecule has 0 aliphatic carbocycles. The van der Waals surface area contributed by atoms with E-state index in [1.165, 1.54) is 0 Å². The normalized spacial score (nSPS) is 14.2. The average molecular weight is 658 g/mol. The molecule has 0 aliphatic rings. The summed E-state index contributed by atoms with van der Waals surface area (Å²) >= 11 is 21.9. The van der Waals surface area contributed by atoms with Gasteiger partial charge in [0.15, 0.2) is 5.69 Å². The molecule has 0 amide bonds. The second-order valence-corrected chi connectivity index (χ2v) is 9.53. The molecule has 0 radical (unpaired) electrons. The van der Waals surface area contributed by atoms with E-state index in [1.807, 2.05) is 18.2 Å². The lowest BCUT2D eigenvalue weighted by Crippen LogP contribution is -2.27. The van der Waals surface area contributed by atoms with Crippen molar-refractivity contribution in [2.75, 3.05) is 7.05 Å². The standard InChI is InChI=1S/C13H8Br6N/c1-20(19,7-5-3-2-4-6-7)13-11(17)9(15)8(14)10(16)12(13)18/h2-6H,1H3/q+1. The number of hydrogen-bond donors (Lipinski definition) is 0. The number of hydrogen-bond acceptors (Lipinski definition) is 0. The smallest absolute Gasteiger partial charge is 0.192 e. The molecule has 20 heavy (non-hydrogen) atoms. The van der Waals surface area contributed by atoms with Crippen LogP contribution in [0.2, 0.25) is 0 Å².